The zero-order valence-electron chi connectivity index (χ0n) is 13.0. The molecule has 1 aliphatic rings. The van der Waals surface area contributed by atoms with Crippen molar-refractivity contribution in [1.82, 2.24) is 16.0 Å². The maximum absolute atomic E-state index is 13.9. The molecule has 1 saturated heterocycles. The molecule has 5 nitrogen and oxygen atoms in total. The number of carbonyl (C=O) groups is 2. The lowest BCUT2D eigenvalue weighted by Gasteiger charge is -2.25. The summed E-state index contributed by atoms with van der Waals surface area (Å²) in [4.78, 5) is 23.5. The molecule has 1 fully saturated rings. The van der Waals surface area contributed by atoms with Crippen molar-refractivity contribution in [3.63, 3.8) is 0 Å². The third-order valence-electron chi connectivity index (χ3n) is 3.77. The Morgan fingerprint density at radius 2 is 2.17 bits per heavy atom. The molecule has 0 aromatic heterocycles. The molecule has 2 atom stereocenters. The first-order chi connectivity index (χ1) is 11.0. The van der Waals surface area contributed by atoms with Gasteiger partial charge in [-0.3, -0.25) is 9.59 Å². The monoisotopic (exact) mass is 325 g/mol. The van der Waals surface area contributed by atoms with Crippen LogP contribution in [0.5, 0.6) is 0 Å². The molecule has 0 aliphatic carbocycles. The van der Waals surface area contributed by atoms with E-state index in [0.29, 0.717) is 6.54 Å². The molecule has 1 aromatic rings. The van der Waals surface area contributed by atoms with Crippen molar-refractivity contribution < 1.29 is 18.4 Å². The van der Waals surface area contributed by atoms with Crippen LogP contribution in [0.15, 0.2) is 18.2 Å². The van der Waals surface area contributed by atoms with Gasteiger partial charge in [-0.05, 0) is 25.5 Å². The number of amides is 2. The van der Waals surface area contributed by atoms with Gasteiger partial charge < -0.3 is 16.0 Å². The fourth-order valence-corrected chi connectivity index (χ4v) is 2.72. The van der Waals surface area contributed by atoms with Gasteiger partial charge in [-0.25, -0.2) is 8.78 Å². The zero-order chi connectivity index (χ0) is 16.8. The van der Waals surface area contributed by atoms with E-state index in [4.69, 9.17) is 0 Å². The summed E-state index contributed by atoms with van der Waals surface area (Å²) in [6.45, 7) is 2.92. The summed E-state index contributed by atoms with van der Waals surface area (Å²) < 4.78 is 27.0. The molecule has 0 bridgehead atoms. The lowest BCUT2D eigenvalue weighted by atomic mass is 10.0. The molecule has 0 radical (unpaired) electrons. The maximum atomic E-state index is 13.9. The average molecular weight is 325 g/mol. The van der Waals surface area contributed by atoms with Gasteiger partial charge in [-0.15, -0.1) is 0 Å². The highest BCUT2D eigenvalue weighted by Gasteiger charge is 2.23. The summed E-state index contributed by atoms with van der Waals surface area (Å²) in [6.07, 6.45) is 1.76. The first-order valence-electron chi connectivity index (χ1n) is 7.68. The van der Waals surface area contributed by atoms with E-state index in [-0.39, 0.29) is 29.8 Å². The second-order valence-corrected chi connectivity index (χ2v) is 5.73. The van der Waals surface area contributed by atoms with Gasteiger partial charge in [0.25, 0.3) is 0 Å². The molecule has 0 spiro atoms. The Morgan fingerprint density at radius 3 is 2.78 bits per heavy atom. The molecular formula is C16H21F2N3O2. The summed E-state index contributed by atoms with van der Waals surface area (Å²) in [5, 5.41) is 8.61. The number of carbonyl (C=O) groups excluding carboxylic acids is 2. The Kier molecular flexibility index (Phi) is 6.04. The Bertz CT molecular complexity index is 574. The zero-order valence-corrected chi connectivity index (χ0v) is 13.0. The van der Waals surface area contributed by atoms with Gasteiger partial charge in [-0.2, -0.15) is 0 Å². The lowest BCUT2D eigenvalue weighted by Crippen LogP contribution is -2.46. The predicted molar refractivity (Wildman–Crippen MR) is 81.6 cm³/mol. The van der Waals surface area contributed by atoms with Crippen LogP contribution in [0.25, 0.3) is 0 Å². The van der Waals surface area contributed by atoms with Gasteiger partial charge >= 0.3 is 0 Å². The number of halogens is 2. The largest absolute Gasteiger partial charge is 0.352 e. The fourth-order valence-electron chi connectivity index (χ4n) is 2.72. The van der Waals surface area contributed by atoms with E-state index < -0.39 is 17.7 Å². The van der Waals surface area contributed by atoms with Crippen LogP contribution in [0.1, 0.15) is 37.8 Å². The first-order valence-corrected chi connectivity index (χ1v) is 7.68. The fraction of sp³-hybridized carbons (Fsp3) is 0.500. The molecule has 126 valence electrons. The Balaban J connectivity index is 2.05. The van der Waals surface area contributed by atoms with Crippen LogP contribution in [0.2, 0.25) is 0 Å². The second-order valence-electron chi connectivity index (χ2n) is 5.73. The standard InChI is InChI=1S/C16H21F2N3O2/c1-10(22)20-15(13-5-4-11(17)7-14(13)18)8-16(23)21-12-3-2-6-19-9-12/h4-5,7,12,15,19H,2-3,6,8-9H2,1H3,(H,20,22)(H,21,23). The Morgan fingerprint density at radius 1 is 1.39 bits per heavy atom. The molecule has 23 heavy (non-hydrogen) atoms. The highest BCUT2D eigenvalue weighted by molar-refractivity contribution is 5.79. The average Bonchev–Trinajstić information content (AvgIpc) is 2.47. The van der Waals surface area contributed by atoms with E-state index in [1.807, 2.05) is 0 Å². The molecule has 0 saturated carbocycles. The lowest BCUT2D eigenvalue weighted by molar-refractivity contribution is -0.123. The van der Waals surface area contributed by atoms with Crippen LogP contribution in [-0.2, 0) is 9.59 Å². The minimum atomic E-state index is -0.829. The number of rotatable bonds is 5. The van der Waals surface area contributed by atoms with Crippen molar-refractivity contribution in [1.29, 1.82) is 0 Å². The quantitative estimate of drug-likeness (QED) is 0.766. The van der Waals surface area contributed by atoms with Crippen LogP contribution in [0.4, 0.5) is 8.78 Å². The van der Waals surface area contributed by atoms with E-state index in [1.54, 1.807) is 0 Å². The highest BCUT2D eigenvalue weighted by Crippen LogP contribution is 2.21. The molecule has 1 heterocycles. The summed E-state index contributed by atoms with van der Waals surface area (Å²) in [6, 6.07) is 2.31. The molecule has 2 unspecified atom stereocenters. The third-order valence-corrected chi connectivity index (χ3v) is 3.77. The van der Waals surface area contributed by atoms with Crippen molar-refractivity contribution >= 4 is 11.8 Å². The summed E-state index contributed by atoms with van der Waals surface area (Å²) in [7, 11) is 0. The normalized spacial score (nSPS) is 19.0. The van der Waals surface area contributed by atoms with Crippen molar-refractivity contribution in [3.8, 4) is 0 Å². The van der Waals surface area contributed by atoms with Gasteiger partial charge in [0.05, 0.1) is 12.5 Å². The Hall–Kier alpha value is -2.02. The first kappa shape index (κ1) is 17.3. The van der Waals surface area contributed by atoms with Crippen molar-refractivity contribution in [3.05, 3.63) is 35.4 Å². The van der Waals surface area contributed by atoms with Gasteiger partial charge in [-0.1, -0.05) is 6.07 Å². The van der Waals surface area contributed by atoms with E-state index in [9.17, 15) is 18.4 Å². The third kappa shape index (κ3) is 5.28. The van der Waals surface area contributed by atoms with Crippen molar-refractivity contribution in [2.45, 2.75) is 38.3 Å². The summed E-state index contributed by atoms with van der Waals surface area (Å²) >= 11 is 0. The molecule has 3 N–H and O–H groups in total. The number of hydrogen-bond donors (Lipinski definition) is 3. The summed E-state index contributed by atoms with van der Waals surface area (Å²) in [5.41, 5.74) is 0.0959. The molecule has 7 heteroatoms. The van der Waals surface area contributed by atoms with Gasteiger partial charge in [0.1, 0.15) is 11.6 Å². The van der Waals surface area contributed by atoms with Crippen molar-refractivity contribution in [2.24, 2.45) is 0 Å². The van der Waals surface area contributed by atoms with Crippen LogP contribution < -0.4 is 16.0 Å². The van der Waals surface area contributed by atoms with E-state index in [2.05, 4.69) is 16.0 Å². The van der Waals surface area contributed by atoms with E-state index in [0.717, 1.165) is 31.5 Å². The number of nitrogens with one attached hydrogen (secondary N) is 3. The number of hydrogen-bond acceptors (Lipinski definition) is 3. The second kappa shape index (κ2) is 8.01. The van der Waals surface area contributed by atoms with Gasteiger partial charge in [0, 0.05) is 31.1 Å². The molecule has 1 aromatic carbocycles. The van der Waals surface area contributed by atoms with Crippen LogP contribution >= 0.6 is 0 Å². The van der Waals surface area contributed by atoms with Crippen LogP contribution in [0, 0.1) is 11.6 Å². The highest BCUT2D eigenvalue weighted by atomic mass is 19.1. The molecule has 2 rings (SSSR count). The number of piperidine rings is 1. The maximum Gasteiger partial charge on any atom is 0.222 e. The minimum Gasteiger partial charge on any atom is -0.352 e. The summed E-state index contributed by atoms with van der Waals surface area (Å²) in [5.74, 6) is -2.14. The van der Waals surface area contributed by atoms with Gasteiger partial charge in [0.2, 0.25) is 11.8 Å². The molecule has 2 amide bonds. The predicted octanol–water partition coefficient (Wildman–Crippen LogP) is 1.40. The van der Waals surface area contributed by atoms with Crippen LogP contribution in [-0.4, -0.2) is 30.9 Å². The smallest absolute Gasteiger partial charge is 0.222 e. The van der Waals surface area contributed by atoms with Gasteiger partial charge in [0.15, 0.2) is 0 Å². The topological polar surface area (TPSA) is 70.2 Å². The van der Waals surface area contributed by atoms with Crippen LogP contribution in [0.3, 0.4) is 0 Å². The minimum absolute atomic E-state index is 0.0345. The molecular weight excluding hydrogens is 304 g/mol. The molecule has 1 aliphatic heterocycles. The van der Waals surface area contributed by atoms with E-state index in [1.165, 1.54) is 13.0 Å². The Labute approximate surface area is 133 Å². The van der Waals surface area contributed by atoms with E-state index >= 15 is 0 Å². The van der Waals surface area contributed by atoms with Crippen molar-refractivity contribution in [2.75, 3.05) is 13.1 Å². The SMILES string of the molecule is CC(=O)NC(CC(=O)NC1CCCNC1)c1ccc(F)cc1F. The number of benzene rings is 1.